The van der Waals surface area contributed by atoms with Crippen LogP contribution in [0, 0.1) is 5.92 Å². The smallest absolute Gasteiger partial charge is 0.417 e. The van der Waals surface area contributed by atoms with Gasteiger partial charge in [-0.05, 0) is 34.3 Å². The molecule has 12 heteroatoms. The minimum Gasteiger partial charge on any atom is -0.461 e. The minimum absolute atomic E-state index is 0.0286. The van der Waals surface area contributed by atoms with E-state index in [9.17, 15) is 14.4 Å². The number of carbonyl (C=O) groups excluding carboxylic acids is 3. The second-order valence-electron chi connectivity index (χ2n) is 8.25. The molecular formula is C23H34BrNO10. The molecule has 198 valence electrons. The van der Waals surface area contributed by atoms with Crippen LogP contribution in [0.5, 0.6) is 0 Å². The van der Waals surface area contributed by atoms with Crippen molar-refractivity contribution in [1.82, 2.24) is 4.90 Å². The molecule has 3 atom stereocenters. The molecule has 2 rings (SSSR count). The summed E-state index contributed by atoms with van der Waals surface area (Å²) in [6, 6.07) is 1.16. The van der Waals surface area contributed by atoms with Crippen LogP contribution in [0.4, 0.5) is 4.79 Å². The summed E-state index contributed by atoms with van der Waals surface area (Å²) in [7, 11) is 1.30. The van der Waals surface area contributed by atoms with Gasteiger partial charge >= 0.3 is 12.1 Å². The molecule has 1 aromatic heterocycles. The molecule has 0 bridgehead atoms. The highest BCUT2D eigenvalue weighted by Crippen LogP contribution is 2.33. The maximum Gasteiger partial charge on any atom is 0.417 e. The first kappa shape index (κ1) is 29.2. The average Bonchev–Trinajstić information content (AvgIpc) is 3.37. The normalized spacial score (nSPS) is 17.5. The summed E-state index contributed by atoms with van der Waals surface area (Å²) < 4.78 is 33.1. The van der Waals surface area contributed by atoms with Crippen molar-refractivity contribution in [3.63, 3.8) is 0 Å². The summed E-state index contributed by atoms with van der Waals surface area (Å²) in [5, 5.41) is 8.67. The third-order valence-electron chi connectivity index (χ3n) is 5.34. The van der Waals surface area contributed by atoms with E-state index in [4.69, 9.17) is 33.2 Å². The summed E-state index contributed by atoms with van der Waals surface area (Å²) in [6.45, 7) is 6.57. The number of aliphatic hydroxyl groups excluding tert-OH is 1. The van der Waals surface area contributed by atoms with Crippen LogP contribution in [0.15, 0.2) is 15.0 Å². The van der Waals surface area contributed by atoms with Crippen LogP contribution in [0.25, 0.3) is 0 Å². The van der Waals surface area contributed by atoms with Crippen molar-refractivity contribution in [2.45, 2.75) is 51.9 Å². The molecule has 1 fully saturated rings. The number of rotatable bonds is 15. The van der Waals surface area contributed by atoms with E-state index in [1.807, 2.05) is 13.8 Å². The molecule has 0 aliphatic carbocycles. The predicted octanol–water partition coefficient (Wildman–Crippen LogP) is 2.62. The molecule has 2 amide bonds. The number of halogens is 1. The number of hydrogen-bond donors (Lipinski definition) is 1. The van der Waals surface area contributed by atoms with Crippen LogP contribution >= 0.6 is 15.9 Å². The first-order valence-electron chi connectivity index (χ1n) is 11.5. The Morgan fingerprint density at radius 2 is 1.91 bits per heavy atom. The second-order valence-corrected chi connectivity index (χ2v) is 9.11. The number of furan rings is 1. The van der Waals surface area contributed by atoms with E-state index in [0.717, 1.165) is 4.90 Å². The molecule has 11 nitrogen and oxygen atoms in total. The summed E-state index contributed by atoms with van der Waals surface area (Å²) >= 11 is 3.45. The maximum absolute atomic E-state index is 13.3. The summed E-state index contributed by atoms with van der Waals surface area (Å²) in [5.74, 6) is -0.566. The molecule has 0 aromatic carbocycles. The molecule has 0 saturated carbocycles. The summed E-state index contributed by atoms with van der Waals surface area (Å²) in [4.78, 5) is 38.5. The van der Waals surface area contributed by atoms with Crippen LogP contribution in [0.1, 0.15) is 44.8 Å². The lowest BCUT2D eigenvalue weighted by Crippen LogP contribution is -2.49. The van der Waals surface area contributed by atoms with Crippen molar-refractivity contribution in [2.75, 3.05) is 46.8 Å². The van der Waals surface area contributed by atoms with Gasteiger partial charge in [0.2, 0.25) is 0 Å². The number of aryl methyl sites for hydroxylation is 1. The lowest BCUT2D eigenvalue weighted by Gasteiger charge is -2.29. The molecule has 3 unspecified atom stereocenters. The highest BCUT2D eigenvalue weighted by Gasteiger charge is 2.46. The SMILES string of the molecule is COC(C(=O)N1C(=O)OCC1C(C)C)C(OC(C)=O)c1cc(Br)c(CCCOCCOCCO)o1. The number of aliphatic hydroxyl groups is 1. The molecule has 1 aliphatic rings. The van der Waals surface area contributed by atoms with Gasteiger partial charge < -0.3 is 33.2 Å². The Bertz CT molecular complexity index is 842. The van der Waals surface area contributed by atoms with Gasteiger partial charge in [-0.3, -0.25) is 9.59 Å². The Hall–Kier alpha value is -1.99. The van der Waals surface area contributed by atoms with Crippen molar-refractivity contribution in [1.29, 1.82) is 0 Å². The Labute approximate surface area is 213 Å². The standard InChI is InChI=1S/C23H34BrNO10/c1-14(2)17-13-33-23(29)25(17)22(28)21(30-4)20(34-15(3)27)19-12-16(24)18(35-19)6-5-8-31-10-11-32-9-7-26/h12,14,17,20-21,26H,5-11,13H2,1-4H3. The van der Waals surface area contributed by atoms with Crippen LogP contribution in [-0.4, -0.2) is 86.9 Å². The van der Waals surface area contributed by atoms with Crippen molar-refractivity contribution in [3.05, 3.63) is 22.1 Å². The van der Waals surface area contributed by atoms with Crippen molar-refractivity contribution in [2.24, 2.45) is 5.92 Å². The van der Waals surface area contributed by atoms with E-state index in [1.54, 1.807) is 6.07 Å². The Morgan fingerprint density at radius 1 is 1.23 bits per heavy atom. The van der Waals surface area contributed by atoms with Gasteiger partial charge in [0, 0.05) is 27.1 Å². The minimum atomic E-state index is -1.32. The monoisotopic (exact) mass is 563 g/mol. The van der Waals surface area contributed by atoms with Crippen LogP contribution in [0.2, 0.25) is 0 Å². The predicted molar refractivity (Wildman–Crippen MR) is 126 cm³/mol. The van der Waals surface area contributed by atoms with Crippen molar-refractivity contribution in [3.8, 4) is 0 Å². The lowest BCUT2D eigenvalue weighted by atomic mass is 10.0. The van der Waals surface area contributed by atoms with Gasteiger partial charge in [-0.2, -0.15) is 0 Å². The number of carbonyl (C=O) groups is 3. The number of hydrogen-bond acceptors (Lipinski definition) is 10. The number of ether oxygens (including phenoxy) is 5. The van der Waals surface area contributed by atoms with E-state index < -0.39 is 36.2 Å². The number of methoxy groups -OCH3 is 1. The molecule has 35 heavy (non-hydrogen) atoms. The quantitative estimate of drug-likeness (QED) is 0.250. The fourth-order valence-electron chi connectivity index (χ4n) is 3.58. The topological polar surface area (TPSA) is 134 Å². The Morgan fingerprint density at radius 3 is 2.51 bits per heavy atom. The Kier molecular flexibility index (Phi) is 12.1. The van der Waals surface area contributed by atoms with Crippen LogP contribution in [-0.2, 0) is 39.7 Å². The van der Waals surface area contributed by atoms with Gasteiger partial charge in [-0.15, -0.1) is 0 Å². The zero-order valence-electron chi connectivity index (χ0n) is 20.5. The van der Waals surface area contributed by atoms with Gasteiger partial charge in [0.25, 0.3) is 5.91 Å². The van der Waals surface area contributed by atoms with Gasteiger partial charge in [0.1, 0.15) is 18.1 Å². The number of amides is 2. The fraction of sp³-hybridized carbons (Fsp3) is 0.696. The van der Waals surface area contributed by atoms with E-state index in [1.165, 1.54) is 14.0 Å². The maximum atomic E-state index is 13.3. The summed E-state index contributed by atoms with van der Waals surface area (Å²) in [6.07, 6.45) is -2.13. The average molecular weight is 564 g/mol. The van der Waals surface area contributed by atoms with E-state index in [-0.39, 0.29) is 31.5 Å². The van der Waals surface area contributed by atoms with Gasteiger partial charge in [-0.25, -0.2) is 9.69 Å². The number of esters is 1. The molecule has 0 spiro atoms. The number of imide groups is 1. The zero-order chi connectivity index (χ0) is 26.0. The molecule has 1 aromatic rings. The lowest BCUT2D eigenvalue weighted by molar-refractivity contribution is -0.164. The largest absolute Gasteiger partial charge is 0.461 e. The highest BCUT2D eigenvalue weighted by atomic mass is 79.9. The second kappa shape index (κ2) is 14.5. The molecule has 1 saturated heterocycles. The first-order valence-corrected chi connectivity index (χ1v) is 12.2. The number of cyclic esters (lactones) is 1. The third-order valence-corrected chi connectivity index (χ3v) is 6.01. The molecule has 2 heterocycles. The van der Waals surface area contributed by atoms with Crippen molar-refractivity contribution < 1.29 is 47.6 Å². The van der Waals surface area contributed by atoms with Crippen LogP contribution < -0.4 is 0 Å². The van der Waals surface area contributed by atoms with E-state index >= 15 is 0 Å². The Balaban J connectivity index is 2.11. The van der Waals surface area contributed by atoms with Gasteiger partial charge in [-0.1, -0.05) is 13.8 Å². The van der Waals surface area contributed by atoms with Crippen molar-refractivity contribution >= 4 is 33.9 Å². The molecule has 1 aliphatic heterocycles. The van der Waals surface area contributed by atoms with E-state index in [0.29, 0.717) is 42.9 Å². The fourth-order valence-corrected chi connectivity index (χ4v) is 4.08. The van der Waals surface area contributed by atoms with Gasteiger partial charge in [0.15, 0.2) is 12.2 Å². The molecule has 0 radical (unpaired) electrons. The third kappa shape index (κ3) is 8.28. The van der Waals surface area contributed by atoms with Gasteiger partial charge in [0.05, 0.1) is 36.9 Å². The molecule has 1 N–H and O–H groups in total. The molecular weight excluding hydrogens is 530 g/mol. The zero-order valence-corrected chi connectivity index (χ0v) is 22.1. The van der Waals surface area contributed by atoms with E-state index in [2.05, 4.69) is 15.9 Å². The number of nitrogens with zero attached hydrogens (tertiary/aromatic N) is 1. The summed E-state index contributed by atoms with van der Waals surface area (Å²) in [5.41, 5.74) is 0. The highest BCUT2D eigenvalue weighted by molar-refractivity contribution is 9.10. The first-order chi connectivity index (χ1) is 16.7. The van der Waals surface area contributed by atoms with Crippen LogP contribution in [0.3, 0.4) is 0 Å².